The van der Waals surface area contributed by atoms with Gasteiger partial charge in [-0.3, -0.25) is 0 Å². The summed E-state index contributed by atoms with van der Waals surface area (Å²) >= 11 is 2.04. The first-order valence-corrected chi connectivity index (χ1v) is 9.54. The number of thioether (sulfide) groups is 1. The van der Waals surface area contributed by atoms with Crippen LogP contribution >= 0.6 is 11.8 Å². The molecule has 1 atom stereocenters. The molecule has 0 radical (unpaired) electrons. The Morgan fingerprint density at radius 3 is 2.67 bits per heavy atom. The van der Waals surface area contributed by atoms with E-state index in [-0.39, 0.29) is 0 Å². The fraction of sp³-hybridized carbons (Fsp3) is 0.667. The molecule has 1 aromatic rings. The van der Waals surface area contributed by atoms with Crippen molar-refractivity contribution in [3.8, 4) is 5.75 Å². The van der Waals surface area contributed by atoms with Gasteiger partial charge in [0.1, 0.15) is 5.75 Å². The monoisotopic (exact) mass is 305 g/mol. The highest BCUT2D eigenvalue weighted by Gasteiger charge is 2.26. The standard InChI is InChI=1S/C18H27NOS/c1-20-15-9-6-13-4-3-5-18(17(13)12-15)19-14-7-10-16(21-2)11-8-14/h6,9,12,14,16,18-19H,3-5,7-8,10-11H2,1-2H3. The molecule has 3 heteroatoms. The fourth-order valence-electron chi connectivity index (χ4n) is 3.83. The number of ether oxygens (including phenoxy) is 1. The lowest BCUT2D eigenvalue weighted by molar-refractivity contribution is 0.324. The van der Waals surface area contributed by atoms with Gasteiger partial charge >= 0.3 is 0 Å². The van der Waals surface area contributed by atoms with E-state index in [2.05, 4.69) is 29.8 Å². The van der Waals surface area contributed by atoms with E-state index in [0.717, 1.165) is 11.0 Å². The molecule has 0 amide bonds. The first-order chi connectivity index (χ1) is 10.3. The SMILES string of the molecule is COc1ccc2c(c1)C(NC1CCC(SC)CC1)CCC2. The van der Waals surface area contributed by atoms with Crippen LogP contribution in [-0.4, -0.2) is 24.7 Å². The van der Waals surface area contributed by atoms with Gasteiger partial charge in [0, 0.05) is 17.3 Å². The van der Waals surface area contributed by atoms with E-state index in [9.17, 15) is 0 Å². The summed E-state index contributed by atoms with van der Waals surface area (Å²) in [6.45, 7) is 0. The zero-order valence-corrected chi connectivity index (χ0v) is 14.0. The molecule has 0 aliphatic heterocycles. The van der Waals surface area contributed by atoms with E-state index >= 15 is 0 Å². The minimum absolute atomic E-state index is 0.527. The molecule has 0 saturated heterocycles. The van der Waals surface area contributed by atoms with E-state index in [0.29, 0.717) is 12.1 Å². The summed E-state index contributed by atoms with van der Waals surface area (Å²) in [5.74, 6) is 0.994. The van der Waals surface area contributed by atoms with Crippen LogP contribution < -0.4 is 10.1 Å². The average molecular weight is 305 g/mol. The van der Waals surface area contributed by atoms with E-state index in [4.69, 9.17) is 4.74 Å². The first-order valence-electron chi connectivity index (χ1n) is 8.26. The molecule has 3 rings (SSSR count). The normalized spacial score (nSPS) is 29.0. The molecule has 2 aliphatic carbocycles. The smallest absolute Gasteiger partial charge is 0.119 e. The van der Waals surface area contributed by atoms with E-state index in [1.165, 1.54) is 56.1 Å². The van der Waals surface area contributed by atoms with Crippen molar-refractivity contribution in [2.75, 3.05) is 13.4 Å². The van der Waals surface area contributed by atoms with Crippen molar-refractivity contribution in [1.29, 1.82) is 0 Å². The Morgan fingerprint density at radius 1 is 1.14 bits per heavy atom. The van der Waals surface area contributed by atoms with Crippen LogP contribution in [0.4, 0.5) is 0 Å². The van der Waals surface area contributed by atoms with Gasteiger partial charge < -0.3 is 10.1 Å². The molecule has 1 N–H and O–H groups in total. The van der Waals surface area contributed by atoms with Gasteiger partial charge in [-0.1, -0.05) is 6.07 Å². The molecule has 116 valence electrons. The number of hydrogen-bond acceptors (Lipinski definition) is 3. The van der Waals surface area contributed by atoms with Crippen LogP contribution in [0.5, 0.6) is 5.75 Å². The van der Waals surface area contributed by atoms with Gasteiger partial charge in [0.05, 0.1) is 7.11 Å². The van der Waals surface area contributed by atoms with E-state index in [1.54, 1.807) is 7.11 Å². The zero-order chi connectivity index (χ0) is 14.7. The second kappa shape index (κ2) is 7.06. The second-order valence-corrected chi connectivity index (χ2v) is 7.52. The van der Waals surface area contributed by atoms with Crippen molar-refractivity contribution in [2.24, 2.45) is 0 Å². The molecule has 0 heterocycles. The summed E-state index contributed by atoms with van der Waals surface area (Å²) < 4.78 is 5.42. The molecule has 2 aliphatic rings. The summed E-state index contributed by atoms with van der Waals surface area (Å²) in [6, 6.07) is 7.84. The Hall–Kier alpha value is -0.670. The number of rotatable bonds is 4. The number of nitrogens with one attached hydrogen (secondary N) is 1. The summed E-state index contributed by atoms with van der Waals surface area (Å²) in [5.41, 5.74) is 2.99. The third kappa shape index (κ3) is 3.57. The van der Waals surface area contributed by atoms with Crippen LogP contribution in [0.2, 0.25) is 0 Å². The lowest BCUT2D eigenvalue weighted by atomic mass is 9.85. The summed E-state index contributed by atoms with van der Waals surface area (Å²) in [7, 11) is 1.76. The predicted molar refractivity (Wildman–Crippen MR) is 91.4 cm³/mol. The van der Waals surface area contributed by atoms with Gasteiger partial charge in [0.15, 0.2) is 0 Å². The Kier molecular flexibility index (Phi) is 5.12. The second-order valence-electron chi connectivity index (χ2n) is 6.39. The molecular formula is C18H27NOS. The van der Waals surface area contributed by atoms with Gasteiger partial charge in [-0.25, -0.2) is 0 Å². The van der Waals surface area contributed by atoms with Crippen LogP contribution in [0.1, 0.15) is 55.7 Å². The topological polar surface area (TPSA) is 21.3 Å². The summed E-state index contributed by atoms with van der Waals surface area (Å²) in [4.78, 5) is 0. The third-order valence-electron chi connectivity index (χ3n) is 5.11. The Morgan fingerprint density at radius 2 is 1.95 bits per heavy atom. The van der Waals surface area contributed by atoms with Gasteiger partial charge in [0.2, 0.25) is 0 Å². The van der Waals surface area contributed by atoms with Crippen molar-refractivity contribution >= 4 is 11.8 Å². The number of benzene rings is 1. The van der Waals surface area contributed by atoms with Crippen LogP contribution in [-0.2, 0) is 6.42 Å². The van der Waals surface area contributed by atoms with Gasteiger partial charge in [-0.2, -0.15) is 11.8 Å². The van der Waals surface area contributed by atoms with Gasteiger partial charge in [-0.05, 0) is 74.5 Å². The predicted octanol–water partition coefficient (Wildman–Crippen LogP) is 4.34. The van der Waals surface area contributed by atoms with Crippen molar-refractivity contribution in [1.82, 2.24) is 5.32 Å². The number of aryl methyl sites for hydroxylation is 1. The van der Waals surface area contributed by atoms with Crippen LogP contribution in [0.25, 0.3) is 0 Å². The largest absolute Gasteiger partial charge is 0.497 e. The van der Waals surface area contributed by atoms with E-state index < -0.39 is 0 Å². The lowest BCUT2D eigenvalue weighted by Gasteiger charge is -2.34. The van der Waals surface area contributed by atoms with Crippen molar-refractivity contribution in [3.63, 3.8) is 0 Å². The van der Waals surface area contributed by atoms with Crippen molar-refractivity contribution in [3.05, 3.63) is 29.3 Å². The zero-order valence-electron chi connectivity index (χ0n) is 13.2. The summed E-state index contributed by atoms with van der Waals surface area (Å²) in [6.07, 6.45) is 11.5. The highest BCUT2D eigenvalue weighted by Crippen LogP contribution is 2.35. The molecule has 1 saturated carbocycles. The van der Waals surface area contributed by atoms with Crippen molar-refractivity contribution in [2.45, 2.75) is 62.3 Å². The fourth-order valence-corrected chi connectivity index (χ4v) is 4.57. The number of methoxy groups -OCH3 is 1. The molecule has 0 spiro atoms. The molecule has 1 aromatic carbocycles. The molecule has 2 nitrogen and oxygen atoms in total. The maximum absolute atomic E-state index is 5.42. The molecule has 21 heavy (non-hydrogen) atoms. The molecule has 0 aromatic heterocycles. The first kappa shape index (κ1) is 15.2. The average Bonchev–Trinajstić information content (AvgIpc) is 2.55. The number of fused-ring (bicyclic) bond motifs is 1. The highest BCUT2D eigenvalue weighted by atomic mass is 32.2. The number of hydrogen-bond donors (Lipinski definition) is 1. The lowest BCUT2D eigenvalue weighted by Crippen LogP contribution is -2.37. The van der Waals surface area contributed by atoms with E-state index in [1.807, 2.05) is 11.8 Å². The Bertz CT molecular complexity index is 468. The van der Waals surface area contributed by atoms with Gasteiger partial charge in [-0.15, -0.1) is 0 Å². The molecule has 1 unspecified atom stereocenters. The quantitative estimate of drug-likeness (QED) is 0.894. The Labute approximate surface area is 133 Å². The molecular weight excluding hydrogens is 278 g/mol. The van der Waals surface area contributed by atoms with Crippen LogP contribution in [0.3, 0.4) is 0 Å². The molecule has 0 bridgehead atoms. The maximum atomic E-state index is 5.42. The minimum Gasteiger partial charge on any atom is -0.497 e. The summed E-state index contributed by atoms with van der Waals surface area (Å²) in [5, 5.41) is 4.84. The maximum Gasteiger partial charge on any atom is 0.119 e. The Balaban J connectivity index is 1.67. The van der Waals surface area contributed by atoms with Gasteiger partial charge in [0.25, 0.3) is 0 Å². The van der Waals surface area contributed by atoms with Crippen molar-refractivity contribution < 1.29 is 4.74 Å². The van der Waals surface area contributed by atoms with Crippen LogP contribution in [0, 0.1) is 0 Å². The minimum atomic E-state index is 0.527. The highest BCUT2D eigenvalue weighted by molar-refractivity contribution is 7.99. The van der Waals surface area contributed by atoms with Crippen LogP contribution in [0.15, 0.2) is 18.2 Å². The molecule has 1 fully saturated rings. The third-order valence-corrected chi connectivity index (χ3v) is 6.25.